The number of methoxy groups -OCH3 is 1. The van der Waals surface area contributed by atoms with E-state index in [1.165, 1.54) is 11.8 Å². The van der Waals surface area contributed by atoms with E-state index in [1.54, 1.807) is 31.4 Å². The fourth-order valence-electron chi connectivity index (χ4n) is 2.94. The molecule has 1 aliphatic heterocycles. The largest absolute Gasteiger partial charge is 0.497 e. The van der Waals surface area contributed by atoms with Gasteiger partial charge in [-0.1, -0.05) is 23.4 Å². The second kappa shape index (κ2) is 7.62. The van der Waals surface area contributed by atoms with Gasteiger partial charge in [0.05, 0.1) is 12.9 Å². The van der Waals surface area contributed by atoms with Crippen LogP contribution in [0.15, 0.2) is 53.7 Å². The smallest absolute Gasteiger partial charge is 0.232 e. The van der Waals surface area contributed by atoms with Gasteiger partial charge in [0.1, 0.15) is 5.75 Å². The van der Waals surface area contributed by atoms with Crippen LogP contribution in [0.2, 0.25) is 5.02 Å². The third-order valence-corrected chi connectivity index (χ3v) is 5.59. The lowest BCUT2D eigenvalue weighted by Crippen LogP contribution is -2.14. The Morgan fingerprint density at radius 2 is 1.85 bits per heavy atom. The van der Waals surface area contributed by atoms with Gasteiger partial charge in [-0.05, 0) is 48.5 Å². The molecule has 0 radical (unpaired) electrons. The highest BCUT2D eigenvalue weighted by Gasteiger charge is 2.26. The minimum atomic E-state index is 0.0408. The van der Waals surface area contributed by atoms with Crippen molar-refractivity contribution in [3.8, 4) is 5.75 Å². The molecule has 0 unspecified atom stereocenters. The van der Waals surface area contributed by atoms with Crippen LogP contribution in [0.4, 0.5) is 11.6 Å². The summed E-state index contributed by atoms with van der Waals surface area (Å²) >= 11 is 7.27. The Kier molecular flexibility index (Phi) is 5.05. The molecule has 1 aromatic heterocycles. The number of Topliss-reactive ketones (excluding diaryl/α,β-unsaturated/α-hetero) is 1. The van der Waals surface area contributed by atoms with Crippen molar-refractivity contribution < 1.29 is 9.53 Å². The third-order valence-electron chi connectivity index (χ3n) is 4.37. The molecular weight excluding hydrogens is 384 g/mol. The van der Waals surface area contributed by atoms with Gasteiger partial charge in [0.2, 0.25) is 5.95 Å². The van der Waals surface area contributed by atoms with Crippen LogP contribution in [0, 0.1) is 0 Å². The van der Waals surface area contributed by atoms with Crippen molar-refractivity contribution >= 4 is 40.8 Å². The first-order chi connectivity index (χ1) is 13.2. The van der Waals surface area contributed by atoms with Gasteiger partial charge in [0, 0.05) is 29.4 Å². The highest BCUT2D eigenvalue weighted by molar-refractivity contribution is 7.99. The zero-order valence-corrected chi connectivity index (χ0v) is 16.2. The molecule has 138 valence electrons. The third kappa shape index (κ3) is 3.65. The number of ketones is 1. The quantitative estimate of drug-likeness (QED) is 0.459. The summed E-state index contributed by atoms with van der Waals surface area (Å²) in [5.41, 5.74) is 1.68. The van der Waals surface area contributed by atoms with Gasteiger partial charge in [0.25, 0.3) is 0 Å². The lowest BCUT2D eigenvalue weighted by molar-refractivity contribution is 0.102. The van der Waals surface area contributed by atoms with Crippen molar-refractivity contribution in [2.45, 2.75) is 11.7 Å². The summed E-state index contributed by atoms with van der Waals surface area (Å²) in [6.45, 7) is 1.60. The Balaban J connectivity index is 1.46. The van der Waals surface area contributed by atoms with Gasteiger partial charge in [-0.3, -0.25) is 9.36 Å². The number of benzene rings is 2. The zero-order valence-electron chi connectivity index (χ0n) is 14.6. The maximum atomic E-state index is 12.4. The number of rotatable bonds is 6. The molecule has 2 heterocycles. The summed E-state index contributed by atoms with van der Waals surface area (Å²) in [7, 11) is 1.65. The van der Waals surface area contributed by atoms with Crippen LogP contribution >= 0.6 is 23.4 Å². The Hall–Kier alpha value is -2.51. The molecule has 0 atom stereocenters. The number of carbonyl (C=O) groups is 1. The second-order valence-corrected chi connectivity index (χ2v) is 7.38. The summed E-state index contributed by atoms with van der Waals surface area (Å²) < 4.78 is 7.25. The minimum Gasteiger partial charge on any atom is -0.497 e. The molecule has 0 spiro atoms. The number of halogens is 1. The van der Waals surface area contributed by atoms with Gasteiger partial charge < -0.3 is 9.64 Å². The predicted molar refractivity (Wildman–Crippen MR) is 107 cm³/mol. The molecule has 0 fully saturated rings. The van der Waals surface area contributed by atoms with Crippen LogP contribution in [-0.2, 0) is 6.54 Å². The van der Waals surface area contributed by atoms with E-state index in [9.17, 15) is 4.79 Å². The van der Waals surface area contributed by atoms with Crippen molar-refractivity contribution in [2.75, 3.05) is 24.3 Å². The first-order valence-electron chi connectivity index (χ1n) is 8.42. The van der Waals surface area contributed by atoms with E-state index in [1.807, 2.05) is 28.8 Å². The molecular formula is C19H17ClN4O2S. The van der Waals surface area contributed by atoms with Gasteiger partial charge >= 0.3 is 0 Å². The van der Waals surface area contributed by atoms with Crippen molar-refractivity contribution in [2.24, 2.45) is 0 Å². The molecule has 27 heavy (non-hydrogen) atoms. The number of hydrogen-bond acceptors (Lipinski definition) is 6. The average Bonchev–Trinajstić information content (AvgIpc) is 3.29. The van der Waals surface area contributed by atoms with Crippen LogP contribution in [0.3, 0.4) is 0 Å². The summed E-state index contributed by atoms with van der Waals surface area (Å²) in [5.74, 6) is 1.96. The molecule has 6 nitrogen and oxygen atoms in total. The van der Waals surface area contributed by atoms with Crippen molar-refractivity contribution in [3.05, 3.63) is 59.1 Å². The standard InChI is InChI=1S/C19H17ClN4O2S/c1-26-16-8-6-15(7-9-16)23-10-11-24-18(23)21-22-19(24)27-12-17(25)13-2-4-14(20)5-3-13/h2-9H,10-12H2,1H3. The highest BCUT2D eigenvalue weighted by Crippen LogP contribution is 2.33. The van der Waals surface area contributed by atoms with Crippen LogP contribution in [0.25, 0.3) is 0 Å². The number of nitrogens with zero attached hydrogens (tertiary/aromatic N) is 4. The molecule has 0 saturated carbocycles. The maximum Gasteiger partial charge on any atom is 0.232 e. The SMILES string of the molecule is COc1ccc(N2CCn3c(SCC(=O)c4ccc(Cl)cc4)nnc32)cc1. The molecule has 3 aromatic rings. The number of aromatic nitrogens is 3. The van der Waals surface area contributed by atoms with E-state index in [2.05, 4.69) is 15.1 Å². The van der Waals surface area contributed by atoms with Crippen molar-refractivity contribution in [1.29, 1.82) is 0 Å². The molecule has 8 heteroatoms. The van der Waals surface area contributed by atoms with E-state index in [0.29, 0.717) is 16.3 Å². The fourth-order valence-corrected chi connectivity index (χ4v) is 3.92. The number of ether oxygens (including phenoxy) is 1. The van der Waals surface area contributed by atoms with Crippen molar-refractivity contribution in [1.82, 2.24) is 14.8 Å². The Labute approximate surface area is 166 Å². The zero-order chi connectivity index (χ0) is 18.8. The molecule has 0 amide bonds. The van der Waals surface area contributed by atoms with E-state index in [-0.39, 0.29) is 5.78 Å². The monoisotopic (exact) mass is 400 g/mol. The summed E-state index contributed by atoms with van der Waals surface area (Å²) in [4.78, 5) is 14.5. The lowest BCUT2D eigenvalue weighted by Gasteiger charge is -2.15. The van der Waals surface area contributed by atoms with Gasteiger partial charge in [0.15, 0.2) is 10.9 Å². The Morgan fingerprint density at radius 3 is 2.56 bits per heavy atom. The van der Waals surface area contributed by atoms with Crippen LogP contribution < -0.4 is 9.64 Å². The molecule has 0 N–H and O–H groups in total. The van der Waals surface area contributed by atoms with Gasteiger partial charge in [-0.15, -0.1) is 10.2 Å². The second-order valence-electron chi connectivity index (χ2n) is 6.00. The molecule has 0 aliphatic carbocycles. The molecule has 2 aromatic carbocycles. The minimum absolute atomic E-state index is 0.0408. The number of fused-ring (bicyclic) bond motifs is 1. The van der Waals surface area contributed by atoms with Crippen LogP contribution in [-0.4, -0.2) is 40.0 Å². The highest BCUT2D eigenvalue weighted by atomic mass is 35.5. The van der Waals surface area contributed by atoms with E-state index >= 15 is 0 Å². The topological polar surface area (TPSA) is 60.2 Å². The van der Waals surface area contributed by atoms with Crippen LogP contribution in [0.1, 0.15) is 10.4 Å². The molecule has 0 bridgehead atoms. The number of carbonyl (C=O) groups excluding carboxylic acids is 1. The van der Waals surface area contributed by atoms with Crippen molar-refractivity contribution in [3.63, 3.8) is 0 Å². The Morgan fingerprint density at radius 1 is 1.11 bits per heavy atom. The van der Waals surface area contributed by atoms with E-state index < -0.39 is 0 Å². The molecule has 4 rings (SSSR count). The van der Waals surface area contributed by atoms with Gasteiger partial charge in [-0.25, -0.2) is 0 Å². The first kappa shape index (κ1) is 17.9. The fraction of sp³-hybridized carbons (Fsp3) is 0.211. The summed E-state index contributed by atoms with van der Waals surface area (Å²) in [6, 6.07) is 14.8. The van der Waals surface area contributed by atoms with E-state index in [0.717, 1.165) is 35.6 Å². The predicted octanol–water partition coefficient (Wildman–Crippen LogP) is 4.07. The number of thioether (sulfide) groups is 1. The Bertz CT molecular complexity index is 957. The maximum absolute atomic E-state index is 12.4. The van der Waals surface area contributed by atoms with Crippen LogP contribution in [0.5, 0.6) is 5.75 Å². The number of anilines is 2. The lowest BCUT2D eigenvalue weighted by atomic mass is 10.1. The number of hydrogen-bond donors (Lipinski definition) is 0. The summed E-state index contributed by atoms with van der Waals surface area (Å²) in [6.07, 6.45) is 0. The average molecular weight is 401 g/mol. The van der Waals surface area contributed by atoms with E-state index in [4.69, 9.17) is 16.3 Å². The normalized spacial score (nSPS) is 12.9. The van der Waals surface area contributed by atoms with Gasteiger partial charge in [-0.2, -0.15) is 0 Å². The molecule has 0 saturated heterocycles. The summed E-state index contributed by atoms with van der Waals surface area (Å²) in [5, 5.41) is 9.95. The first-order valence-corrected chi connectivity index (χ1v) is 9.78. The molecule has 1 aliphatic rings.